The molecule has 7 nitrogen and oxygen atoms in total. The highest BCUT2D eigenvalue weighted by Crippen LogP contribution is 2.44. The number of rotatable bonds is 8. The van der Waals surface area contributed by atoms with Gasteiger partial charge in [0.1, 0.15) is 11.6 Å². The van der Waals surface area contributed by atoms with E-state index >= 15 is 0 Å². The molecule has 0 radical (unpaired) electrons. The van der Waals surface area contributed by atoms with Crippen LogP contribution in [0.15, 0.2) is 72.8 Å². The Morgan fingerprint density at radius 3 is 2.45 bits per heavy atom. The summed E-state index contributed by atoms with van der Waals surface area (Å²) < 4.78 is 24.4. The van der Waals surface area contributed by atoms with Crippen molar-refractivity contribution in [3.05, 3.63) is 101 Å². The highest BCUT2D eigenvalue weighted by Gasteiger charge is 2.44. The fourth-order valence-electron chi connectivity index (χ4n) is 5.28. The van der Waals surface area contributed by atoms with Crippen molar-refractivity contribution in [1.82, 2.24) is 15.1 Å². The molecule has 0 unspecified atom stereocenters. The number of benzene rings is 3. The Kier molecular flexibility index (Phi) is 8.00. The maximum atomic E-state index is 13.9. The summed E-state index contributed by atoms with van der Waals surface area (Å²) in [5.41, 5.74) is 2.82. The number of methoxy groups -OCH3 is 1. The third kappa shape index (κ3) is 5.56. The lowest BCUT2D eigenvalue weighted by Gasteiger charge is -2.42. The fourth-order valence-corrected chi connectivity index (χ4v) is 5.28. The second kappa shape index (κ2) is 11.8. The van der Waals surface area contributed by atoms with Crippen LogP contribution in [0, 0.1) is 5.82 Å². The van der Waals surface area contributed by atoms with E-state index in [-0.39, 0.29) is 24.2 Å². The Morgan fingerprint density at radius 2 is 1.74 bits per heavy atom. The van der Waals surface area contributed by atoms with E-state index in [1.54, 1.807) is 30.2 Å². The van der Waals surface area contributed by atoms with Gasteiger partial charge in [-0.15, -0.1) is 0 Å². The highest BCUT2D eigenvalue weighted by atomic mass is 19.1. The summed E-state index contributed by atoms with van der Waals surface area (Å²) in [5.74, 6) is -0.574. The van der Waals surface area contributed by atoms with Crippen LogP contribution >= 0.6 is 0 Å². The van der Waals surface area contributed by atoms with Crippen molar-refractivity contribution in [2.45, 2.75) is 18.5 Å². The molecule has 0 aliphatic carbocycles. The second-order valence-electron chi connectivity index (χ2n) is 9.59. The lowest BCUT2D eigenvalue weighted by molar-refractivity contribution is -0.124. The maximum absolute atomic E-state index is 13.9. The second-order valence-corrected chi connectivity index (χ2v) is 9.59. The SMILES string of the molecule is COc1ccc([C@@H]2[C@@H](C(=O)NCCN3CCOCC3)c3ccccc3C(=O)N2Cc2ccc(F)cc2)cc1. The molecule has 5 rings (SSSR count). The van der Waals surface area contributed by atoms with Crippen LogP contribution in [0.1, 0.15) is 39.0 Å². The number of halogens is 1. The summed E-state index contributed by atoms with van der Waals surface area (Å²) in [4.78, 5) is 31.7. The zero-order valence-electron chi connectivity index (χ0n) is 21.4. The molecule has 8 heteroatoms. The largest absolute Gasteiger partial charge is 0.497 e. The van der Waals surface area contributed by atoms with Gasteiger partial charge in [0.15, 0.2) is 0 Å². The average Bonchev–Trinajstić information content (AvgIpc) is 2.96. The van der Waals surface area contributed by atoms with Crippen LogP contribution in [-0.4, -0.2) is 68.1 Å². The van der Waals surface area contributed by atoms with Gasteiger partial charge in [0.05, 0.1) is 32.3 Å². The fraction of sp³-hybridized carbons (Fsp3) is 0.333. The first kappa shape index (κ1) is 25.9. The van der Waals surface area contributed by atoms with Crippen molar-refractivity contribution in [3.8, 4) is 5.75 Å². The van der Waals surface area contributed by atoms with Crippen LogP contribution in [-0.2, 0) is 16.1 Å². The smallest absolute Gasteiger partial charge is 0.255 e. The predicted molar refractivity (Wildman–Crippen MR) is 141 cm³/mol. The number of hydrogen-bond acceptors (Lipinski definition) is 5. The Labute approximate surface area is 222 Å². The van der Waals surface area contributed by atoms with Crippen LogP contribution in [0.4, 0.5) is 4.39 Å². The molecule has 2 aliphatic rings. The molecule has 0 aromatic heterocycles. The van der Waals surface area contributed by atoms with Crippen LogP contribution in [0.5, 0.6) is 5.75 Å². The van der Waals surface area contributed by atoms with Crippen molar-refractivity contribution in [2.24, 2.45) is 0 Å². The van der Waals surface area contributed by atoms with Gasteiger partial charge in [0, 0.05) is 38.3 Å². The van der Waals surface area contributed by atoms with Crippen molar-refractivity contribution in [1.29, 1.82) is 0 Å². The van der Waals surface area contributed by atoms with E-state index in [2.05, 4.69) is 10.2 Å². The van der Waals surface area contributed by atoms with Crippen molar-refractivity contribution in [3.63, 3.8) is 0 Å². The molecule has 2 heterocycles. The number of morpholine rings is 1. The van der Waals surface area contributed by atoms with E-state index in [1.165, 1.54) is 12.1 Å². The Morgan fingerprint density at radius 1 is 1.03 bits per heavy atom. The van der Waals surface area contributed by atoms with Gasteiger partial charge >= 0.3 is 0 Å². The standard InChI is InChI=1S/C30H32FN3O4/c1-37-24-12-8-22(9-13-24)28-27(29(35)32-14-15-33-16-18-38-19-17-33)25-4-2-3-5-26(25)30(36)34(28)20-21-6-10-23(31)11-7-21/h2-13,27-28H,14-20H2,1H3,(H,32,35)/t27-,28+/m0/s1. The monoisotopic (exact) mass is 517 g/mol. The van der Waals surface area contributed by atoms with Gasteiger partial charge in [0.2, 0.25) is 5.91 Å². The minimum atomic E-state index is -0.623. The lowest BCUT2D eigenvalue weighted by Crippen LogP contribution is -2.48. The summed E-state index contributed by atoms with van der Waals surface area (Å²) in [6, 6.07) is 20.3. The quantitative estimate of drug-likeness (QED) is 0.493. The molecule has 1 saturated heterocycles. The molecule has 38 heavy (non-hydrogen) atoms. The predicted octanol–water partition coefficient (Wildman–Crippen LogP) is 3.76. The van der Waals surface area contributed by atoms with E-state index in [1.807, 2.05) is 42.5 Å². The topological polar surface area (TPSA) is 71.1 Å². The van der Waals surface area contributed by atoms with Crippen LogP contribution in [0.3, 0.4) is 0 Å². The number of carbonyl (C=O) groups excluding carboxylic acids is 2. The molecule has 0 saturated carbocycles. The molecular formula is C30H32FN3O4. The molecule has 0 spiro atoms. The molecule has 198 valence electrons. The zero-order chi connectivity index (χ0) is 26.5. The van der Waals surface area contributed by atoms with Crippen molar-refractivity contribution in [2.75, 3.05) is 46.5 Å². The number of nitrogens with zero attached hydrogens (tertiary/aromatic N) is 2. The summed E-state index contributed by atoms with van der Waals surface area (Å²) in [7, 11) is 1.60. The molecule has 1 fully saturated rings. The molecule has 0 bridgehead atoms. The van der Waals surface area contributed by atoms with E-state index in [0.717, 1.165) is 30.8 Å². The number of hydrogen-bond donors (Lipinski definition) is 1. The summed E-state index contributed by atoms with van der Waals surface area (Å²) in [5, 5.41) is 3.14. The summed E-state index contributed by atoms with van der Waals surface area (Å²) >= 11 is 0. The van der Waals surface area contributed by atoms with Gasteiger partial charge in [-0.25, -0.2) is 4.39 Å². The maximum Gasteiger partial charge on any atom is 0.255 e. The van der Waals surface area contributed by atoms with Crippen molar-refractivity contribution < 1.29 is 23.5 Å². The van der Waals surface area contributed by atoms with Gasteiger partial charge in [-0.2, -0.15) is 0 Å². The van der Waals surface area contributed by atoms with Gasteiger partial charge in [-0.05, 0) is 47.0 Å². The number of amides is 2. The molecule has 2 aliphatic heterocycles. The van der Waals surface area contributed by atoms with E-state index < -0.39 is 12.0 Å². The third-order valence-electron chi connectivity index (χ3n) is 7.28. The van der Waals surface area contributed by atoms with Crippen LogP contribution < -0.4 is 10.1 Å². The Bertz CT molecular complexity index is 1260. The van der Waals surface area contributed by atoms with Gasteiger partial charge in [0.25, 0.3) is 5.91 Å². The van der Waals surface area contributed by atoms with Gasteiger partial charge in [-0.1, -0.05) is 42.5 Å². The summed E-state index contributed by atoms with van der Waals surface area (Å²) in [6.45, 7) is 4.55. The van der Waals surface area contributed by atoms with E-state index in [0.29, 0.717) is 36.6 Å². The van der Waals surface area contributed by atoms with Crippen LogP contribution in [0.2, 0.25) is 0 Å². The van der Waals surface area contributed by atoms with E-state index in [9.17, 15) is 14.0 Å². The van der Waals surface area contributed by atoms with E-state index in [4.69, 9.17) is 9.47 Å². The lowest BCUT2D eigenvalue weighted by atomic mass is 9.79. The van der Waals surface area contributed by atoms with Crippen LogP contribution in [0.25, 0.3) is 0 Å². The molecule has 3 aromatic carbocycles. The molecule has 1 N–H and O–H groups in total. The molecule has 2 atom stereocenters. The minimum absolute atomic E-state index is 0.136. The normalized spacial score (nSPS) is 19.6. The number of fused-ring (bicyclic) bond motifs is 1. The first-order valence-electron chi connectivity index (χ1n) is 12.9. The zero-order valence-corrected chi connectivity index (χ0v) is 21.4. The minimum Gasteiger partial charge on any atom is -0.497 e. The Hall–Kier alpha value is -3.75. The average molecular weight is 518 g/mol. The van der Waals surface area contributed by atoms with Gasteiger partial charge in [-0.3, -0.25) is 14.5 Å². The molecule has 3 aromatic rings. The number of ether oxygens (including phenoxy) is 2. The highest BCUT2D eigenvalue weighted by molar-refractivity contribution is 6.01. The molecule has 2 amide bonds. The Balaban J connectivity index is 1.50. The van der Waals surface area contributed by atoms with Gasteiger partial charge < -0.3 is 19.7 Å². The van der Waals surface area contributed by atoms with Crippen molar-refractivity contribution >= 4 is 11.8 Å². The summed E-state index contributed by atoms with van der Waals surface area (Å²) in [6.07, 6.45) is 0. The number of nitrogens with one attached hydrogen (secondary N) is 1. The first-order valence-corrected chi connectivity index (χ1v) is 12.9. The number of carbonyl (C=O) groups is 2. The molecular weight excluding hydrogens is 485 g/mol. The third-order valence-corrected chi connectivity index (χ3v) is 7.28. The first-order chi connectivity index (χ1) is 18.5.